The molecule has 68 heavy (non-hydrogen) atoms. The Kier molecular flexibility index (Phi) is 55.9. The molecule has 392 valence electrons. The molecular formula is C63H110O5. The largest absolute Gasteiger partial charge is 0.462 e. The van der Waals surface area contributed by atoms with Crippen LogP contribution in [0, 0.1) is 0 Å². The van der Waals surface area contributed by atoms with Gasteiger partial charge in [-0.25, -0.2) is 0 Å². The number of allylic oxidation sites excluding steroid dienone is 14. The van der Waals surface area contributed by atoms with E-state index in [1.807, 2.05) is 0 Å². The van der Waals surface area contributed by atoms with Crippen LogP contribution in [-0.4, -0.2) is 37.9 Å². The molecule has 0 N–H and O–H groups in total. The highest BCUT2D eigenvalue weighted by Crippen LogP contribution is 2.15. The average molecular weight is 948 g/mol. The molecule has 0 aliphatic carbocycles. The average Bonchev–Trinajstić information content (AvgIpc) is 3.34. The van der Waals surface area contributed by atoms with E-state index >= 15 is 0 Å². The molecule has 1 atom stereocenters. The molecule has 0 saturated heterocycles. The zero-order valence-corrected chi connectivity index (χ0v) is 45.1. The lowest BCUT2D eigenvalue weighted by Gasteiger charge is -2.18. The van der Waals surface area contributed by atoms with Crippen LogP contribution in [0.15, 0.2) is 85.1 Å². The van der Waals surface area contributed by atoms with Crippen molar-refractivity contribution in [3.05, 3.63) is 85.1 Å². The van der Waals surface area contributed by atoms with Gasteiger partial charge in [-0.15, -0.1) is 0 Å². The van der Waals surface area contributed by atoms with Crippen molar-refractivity contribution in [2.24, 2.45) is 0 Å². The van der Waals surface area contributed by atoms with Gasteiger partial charge in [0.25, 0.3) is 0 Å². The van der Waals surface area contributed by atoms with Gasteiger partial charge in [-0.2, -0.15) is 0 Å². The Balaban J connectivity index is 4.30. The number of rotatable bonds is 53. The summed E-state index contributed by atoms with van der Waals surface area (Å²) in [6, 6.07) is 0. The number of carbonyl (C=O) groups is 2. The van der Waals surface area contributed by atoms with Crippen molar-refractivity contribution < 1.29 is 23.8 Å². The molecule has 5 nitrogen and oxygen atoms in total. The van der Waals surface area contributed by atoms with E-state index in [-0.39, 0.29) is 25.2 Å². The topological polar surface area (TPSA) is 61.8 Å². The van der Waals surface area contributed by atoms with Crippen LogP contribution in [0.2, 0.25) is 0 Å². The van der Waals surface area contributed by atoms with E-state index in [2.05, 4.69) is 106 Å². The number of hydrogen-bond acceptors (Lipinski definition) is 5. The van der Waals surface area contributed by atoms with Gasteiger partial charge < -0.3 is 14.2 Å². The molecule has 0 aromatic heterocycles. The standard InChI is InChI=1S/C63H110O5/c1-4-7-10-13-16-19-22-25-27-29-31-33-35-37-40-43-46-49-52-55-58-66-59-61(68-63(65)57-54-51-48-45-42-38-24-21-18-15-12-9-6-3)60-67-62(64)56-53-50-47-44-41-39-36-34-32-30-28-26-23-20-17-14-11-8-5-2/h7,10,16-17,19-20,25-28,31,33,37,40,61H,4-6,8-9,11-15,18,21-24,29-30,32,34-36,38-39,41-60H2,1-3H3/b10-7-,19-16-,20-17-,27-25-,28-26-,33-31-,40-37-. The maximum atomic E-state index is 12.8. The Morgan fingerprint density at radius 2 is 0.662 bits per heavy atom. The number of hydrogen-bond donors (Lipinski definition) is 0. The first-order valence-electron chi connectivity index (χ1n) is 29.1. The Morgan fingerprint density at radius 1 is 0.338 bits per heavy atom. The molecule has 0 spiro atoms. The molecule has 0 aromatic rings. The van der Waals surface area contributed by atoms with Crippen LogP contribution >= 0.6 is 0 Å². The van der Waals surface area contributed by atoms with Crippen molar-refractivity contribution in [3.63, 3.8) is 0 Å². The predicted molar refractivity (Wildman–Crippen MR) is 297 cm³/mol. The minimum Gasteiger partial charge on any atom is -0.462 e. The normalized spacial score (nSPS) is 12.8. The van der Waals surface area contributed by atoms with Crippen molar-refractivity contribution >= 4 is 11.9 Å². The molecule has 0 rings (SSSR count). The van der Waals surface area contributed by atoms with Gasteiger partial charge in [0.1, 0.15) is 6.61 Å². The minimum absolute atomic E-state index is 0.0718. The molecule has 0 saturated carbocycles. The van der Waals surface area contributed by atoms with Crippen molar-refractivity contribution in [3.8, 4) is 0 Å². The predicted octanol–water partition coefficient (Wildman–Crippen LogP) is 20.0. The van der Waals surface area contributed by atoms with Gasteiger partial charge in [0.05, 0.1) is 6.61 Å². The summed E-state index contributed by atoms with van der Waals surface area (Å²) in [7, 11) is 0. The summed E-state index contributed by atoms with van der Waals surface area (Å²) in [5, 5.41) is 0. The summed E-state index contributed by atoms with van der Waals surface area (Å²) in [6.45, 7) is 7.66. The van der Waals surface area contributed by atoms with Crippen molar-refractivity contribution in [2.45, 2.75) is 284 Å². The highest BCUT2D eigenvalue weighted by atomic mass is 16.6. The van der Waals surface area contributed by atoms with Gasteiger partial charge in [0.2, 0.25) is 0 Å². The maximum Gasteiger partial charge on any atom is 0.306 e. The van der Waals surface area contributed by atoms with Gasteiger partial charge in [-0.1, -0.05) is 254 Å². The Bertz CT molecular complexity index is 1250. The molecule has 0 fully saturated rings. The van der Waals surface area contributed by atoms with Crippen LogP contribution in [0.3, 0.4) is 0 Å². The zero-order chi connectivity index (χ0) is 49.2. The number of unbranched alkanes of at least 4 members (excludes halogenated alkanes) is 28. The first-order chi connectivity index (χ1) is 33.6. The molecule has 1 unspecified atom stereocenters. The molecule has 0 aliphatic rings. The van der Waals surface area contributed by atoms with Gasteiger partial charge in [-0.05, 0) is 96.3 Å². The third kappa shape index (κ3) is 55.7. The lowest BCUT2D eigenvalue weighted by atomic mass is 10.0. The van der Waals surface area contributed by atoms with Crippen molar-refractivity contribution in [2.75, 3.05) is 19.8 Å². The zero-order valence-electron chi connectivity index (χ0n) is 45.1. The van der Waals surface area contributed by atoms with Crippen LogP contribution in [0.25, 0.3) is 0 Å². The Labute approximate surface area is 422 Å². The van der Waals surface area contributed by atoms with E-state index in [1.165, 1.54) is 161 Å². The molecule has 0 bridgehead atoms. The van der Waals surface area contributed by atoms with Gasteiger partial charge >= 0.3 is 11.9 Å². The minimum atomic E-state index is -0.554. The molecule has 0 aliphatic heterocycles. The van der Waals surface area contributed by atoms with Gasteiger partial charge in [-0.3, -0.25) is 9.59 Å². The Hall–Kier alpha value is -2.92. The van der Waals surface area contributed by atoms with E-state index in [4.69, 9.17) is 14.2 Å². The molecule has 0 amide bonds. The first kappa shape index (κ1) is 65.1. The third-order valence-electron chi connectivity index (χ3n) is 12.4. The molecular weight excluding hydrogens is 837 g/mol. The van der Waals surface area contributed by atoms with Crippen LogP contribution < -0.4 is 0 Å². The third-order valence-corrected chi connectivity index (χ3v) is 12.4. The highest BCUT2D eigenvalue weighted by molar-refractivity contribution is 5.70. The summed E-state index contributed by atoms with van der Waals surface area (Å²) in [5.41, 5.74) is 0. The fourth-order valence-corrected chi connectivity index (χ4v) is 8.10. The van der Waals surface area contributed by atoms with E-state index < -0.39 is 6.10 Å². The lowest BCUT2D eigenvalue weighted by molar-refractivity contribution is -0.163. The number of carbonyl (C=O) groups excluding carboxylic acids is 2. The van der Waals surface area contributed by atoms with Crippen LogP contribution in [0.5, 0.6) is 0 Å². The second-order valence-corrected chi connectivity index (χ2v) is 19.2. The molecule has 0 aromatic carbocycles. The number of ether oxygens (including phenoxy) is 3. The summed E-state index contributed by atoms with van der Waals surface area (Å²) in [4.78, 5) is 25.5. The maximum absolute atomic E-state index is 12.8. The van der Waals surface area contributed by atoms with Crippen LogP contribution in [0.1, 0.15) is 278 Å². The second kappa shape index (κ2) is 58.4. The molecule has 0 heterocycles. The summed E-state index contributed by atoms with van der Waals surface area (Å²) in [6.07, 6.45) is 77.4. The Morgan fingerprint density at radius 3 is 1.09 bits per heavy atom. The lowest BCUT2D eigenvalue weighted by Crippen LogP contribution is -2.30. The number of esters is 2. The highest BCUT2D eigenvalue weighted by Gasteiger charge is 2.17. The second-order valence-electron chi connectivity index (χ2n) is 19.2. The van der Waals surface area contributed by atoms with Crippen molar-refractivity contribution in [1.82, 2.24) is 0 Å². The smallest absolute Gasteiger partial charge is 0.306 e. The molecule has 5 heteroatoms. The fraction of sp³-hybridized carbons (Fsp3) is 0.746. The van der Waals surface area contributed by atoms with E-state index in [0.717, 1.165) is 83.5 Å². The van der Waals surface area contributed by atoms with Crippen molar-refractivity contribution in [1.29, 1.82) is 0 Å². The monoisotopic (exact) mass is 947 g/mol. The van der Waals surface area contributed by atoms with E-state index in [1.54, 1.807) is 0 Å². The van der Waals surface area contributed by atoms with E-state index in [0.29, 0.717) is 19.4 Å². The molecule has 0 radical (unpaired) electrons. The van der Waals surface area contributed by atoms with Gasteiger partial charge in [0, 0.05) is 19.4 Å². The summed E-state index contributed by atoms with van der Waals surface area (Å²) >= 11 is 0. The van der Waals surface area contributed by atoms with Gasteiger partial charge in [0.15, 0.2) is 6.10 Å². The fourth-order valence-electron chi connectivity index (χ4n) is 8.10. The summed E-state index contributed by atoms with van der Waals surface area (Å²) < 4.78 is 17.5. The van der Waals surface area contributed by atoms with E-state index in [9.17, 15) is 9.59 Å². The summed E-state index contributed by atoms with van der Waals surface area (Å²) in [5.74, 6) is -0.409. The van der Waals surface area contributed by atoms with Crippen LogP contribution in [-0.2, 0) is 23.8 Å². The SMILES string of the molecule is CC/C=C\C/C=C\C/C=C\C/C=C\C/C=C\CCCCCCOCC(COC(=O)CCCCCCCCCCC/C=C\C/C=C\CCCCC)OC(=O)CCCCCCCCCCCCCCC. The first-order valence-corrected chi connectivity index (χ1v) is 29.1. The quantitative estimate of drug-likeness (QED) is 0.0345. The van der Waals surface area contributed by atoms with Crippen LogP contribution in [0.4, 0.5) is 0 Å².